The normalized spacial score (nSPS) is 15.3. The van der Waals surface area contributed by atoms with Crippen molar-refractivity contribution < 1.29 is 14.3 Å². The Hall–Kier alpha value is -2.25. The number of carbonyl (C=O) groups is 2. The third kappa shape index (κ3) is 5.42. The van der Waals surface area contributed by atoms with E-state index in [1.807, 2.05) is 12.3 Å². The number of ether oxygens (including phenoxy) is 1. The van der Waals surface area contributed by atoms with Crippen molar-refractivity contribution in [3.05, 3.63) is 34.2 Å². The highest BCUT2D eigenvalue weighted by atomic mass is 32.1. The number of hydrogen-bond donors (Lipinski definition) is 1. The van der Waals surface area contributed by atoms with Crippen molar-refractivity contribution in [3.8, 4) is 11.3 Å². The Bertz CT molecular complexity index is 885. The Morgan fingerprint density at radius 2 is 1.86 bits per heavy atom. The number of aryl methyl sites for hydroxylation is 3. The van der Waals surface area contributed by atoms with Gasteiger partial charge in [-0.1, -0.05) is 6.07 Å². The van der Waals surface area contributed by atoms with Crippen LogP contribution in [0.2, 0.25) is 0 Å². The van der Waals surface area contributed by atoms with E-state index in [4.69, 9.17) is 4.74 Å². The smallest absolute Gasteiger partial charge is 0.309 e. The lowest BCUT2D eigenvalue weighted by Gasteiger charge is -2.30. The van der Waals surface area contributed by atoms with Crippen LogP contribution in [-0.2, 0) is 14.3 Å². The van der Waals surface area contributed by atoms with Gasteiger partial charge >= 0.3 is 5.97 Å². The van der Waals surface area contributed by atoms with Crippen LogP contribution in [0.1, 0.15) is 36.5 Å². The molecular formula is C22H29N3O3S. The van der Waals surface area contributed by atoms with Crippen molar-refractivity contribution in [2.45, 2.75) is 40.5 Å². The van der Waals surface area contributed by atoms with Gasteiger partial charge in [0.2, 0.25) is 5.91 Å². The van der Waals surface area contributed by atoms with Crippen LogP contribution < -0.4 is 5.32 Å². The van der Waals surface area contributed by atoms with Crippen molar-refractivity contribution in [3.63, 3.8) is 0 Å². The van der Waals surface area contributed by atoms with Crippen LogP contribution in [-0.4, -0.2) is 48.0 Å². The molecule has 1 fully saturated rings. The summed E-state index contributed by atoms with van der Waals surface area (Å²) >= 11 is 1.44. The fourth-order valence-corrected chi connectivity index (χ4v) is 4.37. The van der Waals surface area contributed by atoms with E-state index < -0.39 is 0 Å². The molecule has 156 valence electrons. The molecule has 1 aliphatic rings. The highest BCUT2D eigenvalue weighted by molar-refractivity contribution is 7.14. The summed E-state index contributed by atoms with van der Waals surface area (Å²) in [5.74, 6) is -0.233. The van der Waals surface area contributed by atoms with Gasteiger partial charge in [0.1, 0.15) is 0 Å². The number of hydrogen-bond acceptors (Lipinski definition) is 6. The van der Waals surface area contributed by atoms with Crippen LogP contribution >= 0.6 is 11.3 Å². The lowest BCUT2D eigenvalue weighted by atomic mass is 9.97. The molecule has 2 aromatic rings. The van der Waals surface area contributed by atoms with Crippen molar-refractivity contribution in [1.82, 2.24) is 9.88 Å². The number of likely N-dealkylation sites (tertiary alicyclic amines) is 1. The molecule has 1 aromatic heterocycles. The zero-order valence-electron chi connectivity index (χ0n) is 17.6. The summed E-state index contributed by atoms with van der Waals surface area (Å²) in [6.07, 6.45) is 1.47. The van der Waals surface area contributed by atoms with Gasteiger partial charge in [0.15, 0.2) is 5.13 Å². The van der Waals surface area contributed by atoms with Crippen LogP contribution in [0.25, 0.3) is 11.3 Å². The first-order chi connectivity index (χ1) is 13.9. The summed E-state index contributed by atoms with van der Waals surface area (Å²) in [6.45, 7) is 10.3. The molecule has 3 rings (SSSR count). The minimum absolute atomic E-state index is 0.0445. The molecule has 0 saturated carbocycles. The van der Waals surface area contributed by atoms with Crippen molar-refractivity contribution in [2.75, 3.05) is 31.6 Å². The zero-order chi connectivity index (χ0) is 21.0. The summed E-state index contributed by atoms with van der Waals surface area (Å²) in [6, 6.07) is 4.32. The van der Waals surface area contributed by atoms with E-state index in [0.29, 0.717) is 18.3 Å². The standard InChI is InChI=1S/C22H29N3O3S/c1-5-28-21(27)17-6-8-25(9-7-17)12-20(26)24-22-23-19(13-29-22)18-11-15(3)14(2)10-16(18)4/h10-11,13,17H,5-9,12H2,1-4H3,(H,23,24,26). The number of thiazole rings is 1. The average molecular weight is 416 g/mol. The van der Waals surface area contributed by atoms with E-state index in [-0.39, 0.29) is 17.8 Å². The van der Waals surface area contributed by atoms with Gasteiger partial charge in [0.25, 0.3) is 0 Å². The summed E-state index contributed by atoms with van der Waals surface area (Å²) in [7, 11) is 0. The lowest BCUT2D eigenvalue weighted by molar-refractivity contribution is -0.149. The molecule has 29 heavy (non-hydrogen) atoms. The lowest BCUT2D eigenvalue weighted by Crippen LogP contribution is -2.41. The number of carbonyl (C=O) groups excluding carboxylic acids is 2. The molecular weight excluding hydrogens is 386 g/mol. The number of aromatic nitrogens is 1. The van der Waals surface area contributed by atoms with Crippen molar-refractivity contribution in [1.29, 1.82) is 0 Å². The van der Waals surface area contributed by atoms with E-state index in [2.05, 4.69) is 48.1 Å². The first-order valence-corrected chi connectivity index (χ1v) is 11.0. The largest absolute Gasteiger partial charge is 0.466 e. The SMILES string of the molecule is CCOC(=O)C1CCN(CC(=O)Nc2nc(-c3cc(C)c(C)cc3C)cs2)CC1. The molecule has 6 nitrogen and oxygen atoms in total. The topological polar surface area (TPSA) is 71.5 Å². The molecule has 1 aromatic carbocycles. The number of piperidine rings is 1. The summed E-state index contributed by atoms with van der Waals surface area (Å²) in [4.78, 5) is 30.9. The second kappa shape index (κ2) is 9.50. The Morgan fingerprint density at radius 1 is 1.17 bits per heavy atom. The molecule has 0 radical (unpaired) electrons. The Labute approximate surface area is 176 Å². The van der Waals surface area contributed by atoms with E-state index in [1.165, 1.54) is 28.0 Å². The number of amides is 1. The minimum Gasteiger partial charge on any atom is -0.466 e. The summed E-state index contributed by atoms with van der Waals surface area (Å²) < 4.78 is 5.09. The highest BCUT2D eigenvalue weighted by Gasteiger charge is 2.26. The maximum absolute atomic E-state index is 12.4. The third-order valence-corrected chi connectivity index (χ3v) is 6.20. The zero-order valence-corrected chi connectivity index (χ0v) is 18.4. The molecule has 1 saturated heterocycles. The van der Waals surface area contributed by atoms with Gasteiger partial charge in [-0.2, -0.15) is 0 Å². The number of anilines is 1. The number of rotatable bonds is 6. The average Bonchev–Trinajstić information content (AvgIpc) is 3.13. The molecule has 7 heteroatoms. The Morgan fingerprint density at radius 3 is 2.55 bits per heavy atom. The van der Waals surface area contributed by atoms with Gasteiger partial charge in [-0.15, -0.1) is 11.3 Å². The highest BCUT2D eigenvalue weighted by Crippen LogP contribution is 2.29. The number of esters is 1. The van der Waals surface area contributed by atoms with Gasteiger partial charge in [-0.25, -0.2) is 4.98 Å². The molecule has 1 aliphatic heterocycles. The van der Waals surface area contributed by atoms with Crippen molar-refractivity contribution >= 4 is 28.3 Å². The van der Waals surface area contributed by atoms with Crippen LogP contribution in [0.4, 0.5) is 5.13 Å². The van der Waals surface area contributed by atoms with Gasteiger partial charge in [-0.3, -0.25) is 14.5 Å². The number of nitrogens with zero attached hydrogens (tertiary/aromatic N) is 2. The van der Waals surface area contributed by atoms with E-state index in [9.17, 15) is 9.59 Å². The quantitative estimate of drug-likeness (QED) is 0.724. The maximum atomic E-state index is 12.4. The molecule has 1 amide bonds. The van der Waals surface area contributed by atoms with E-state index in [1.54, 1.807) is 0 Å². The molecule has 0 bridgehead atoms. The van der Waals surface area contributed by atoms with Gasteiger partial charge in [0, 0.05) is 10.9 Å². The molecule has 0 atom stereocenters. The van der Waals surface area contributed by atoms with Crippen molar-refractivity contribution in [2.24, 2.45) is 5.92 Å². The summed E-state index contributed by atoms with van der Waals surface area (Å²) in [5.41, 5.74) is 5.67. The Balaban J connectivity index is 1.54. The molecule has 0 spiro atoms. The van der Waals surface area contributed by atoms with E-state index in [0.717, 1.165) is 37.2 Å². The Kier molecular flexibility index (Phi) is 7.03. The monoisotopic (exact) mass is 415 g/mol. The minimum atomic E-state index is -0.117. The van der Waals surface area contributed by atoms with Crippen LogP contribution in [0.3, 0.4) is 0 Å². The van der Waals surface area contributed by atoms with E-state index >= 15 is 0 Å². The maximum Gasteiger partial charge on any atom is 0.309 e. The second-order valence-electron chi connectivity index (χ2n) is 7.64. The van der Waals surface area contributed by atoms with Crippen LogP contribution in [0, 0.1) is 26.7 Å². The van der Waals surface area contributed by atoms with Crippen LogP contribution in [0.15, 0.2) is 17.5 Å². The second-order valence-corrected chi connectivity index (χ2v) is 8.50. The van der Waals surface area contributed by atoms with Gasteiger partial charge in [0.05, 0.1) is 24.8 Å². The number of benzene rings is 1. The first-order valence-electron chi connectivity index (χ1n) is 10.1. The fourth-order valence-electron chi connectivity index (χ4n) is 3.64. The molecule has 0 aliphatic carbocycles. The molecule has 2 heterocycles. The first kappa shape index (κ1) is 21.5. The van der Waals surface area contributed by atoms with Gasteiger partial charge in [-0.05, 0) is 76.4 Å². The predicted molar refractivity (Wildman–Crippen MR) is 116 cm³/mol. The third-order valence-electron chi connectivity index (χ3n) is 5.44. The molecule has 0 unspecified atom stereocenters. The number of nitrogens with one attached hydrogen (secondary N) is 1. The molecule has 1 N–H and O–H groups in total. The van der Waals surface area contributed by atoms with Gasteiger partial charge < -0.3 is 10.1 Å². The predicted octanol–water partition coefficient (Wildman–Crippen LogP) is 3.95. The fraction of sp³-hybridized carbons (Fsp3) is 0.500. The summed E-state index contributed by atoms with van der Waals surface area (Å²) in [5, 5.41) is 5.51. The van der Waals surface area contributed by atoms with Crippen LogP contribution in [0.5, 0.6) is 0 Å².